The highest BCUT2D eigenvalue weighted by Gasteiger charge is 2.46. The molecule has 0 aromatic heterocycles. The van der Waals surface area contributed by atoms with E-state index in [1.54, 1.807) is 0 Å². The second-order valence-corrected chi connectivity index (χ2v) is 4.06. The molecule has 16 heavy (non-hydrogen) atoms. The van der Waals surface area contributed by atoms with E-state index in [1.807, 2.05) is 0 Å². The average Bonchev–Trinajstić information content (AvgIpc) is 2.96. The van der Waals surface area contributed by atoms with E-state index in [0.717, 1.165) is 12.1 Å². The summed E-state index contributed by atoms with van der Waals surface area (Å²) in [6.07, 6.45) is -3.34. The number of ketones is 1. The van der Waals surface area contributed by atoms with Crippen LogP contribution in [0, 0.1) is 0 Å². The molecular weight excluding hydrogens is 219 g/mol. The monoisotopic (exact) mass is 229 g/mol. The van der Waals surface area contributed by atoms with Crippen LogP contribution in [0.2, 0.25) is 0 Å². The molecule has 0 atom stereocenters. The molecule has 1 saturated carbocycles. The van der Waals surface area contributed by atoms with Crippen molar-refractivity contribution in [3.8, 4) is 0 Å². The van der Waals surface area contributed by atoms with Gasteiger partial charge in [-0.25, -0.2) is 0 Å². The SMILES string of the molecule is NC1(C(=O)c2cccc(C(F)(F)F)c2)CC1. The number of alkyl halides is 3. The maximum absolute atomic E-state index is 12.4. The van der Waals surface area contributed by atoms with Gasteiger partial charge in [-0.2, -0.15) is 13.2 Å². The minimum Gasteiger partial charge on any atom is -0.319 e. The average molecular weight is 229 g/mol. The van der Waals surface area contributed by atoms with Crippen molar-refractivity contribution < 1.29 is 18.0 Å². The molecule has 1 aromatic rings. The Morgan fingerprint density at radius 3 is 2.44 bits per heavy atom. The molecule has 1 aromatic carbocycles. The van der Waals surface area contributed by atoms with E-state index >= 15 is 0 Å². The smallest absolute Gasteiger partial charge is 0.319 e. The van der Waals surface area contributed by atoms with Crippen LogP contribution >= 0.6 is 0 Å². The van der Waals surface area contributed by atoms with Crippen LogP contribution in [0.1, 0.15) is 28.8 Å². The van der Waals surface area contributed by atoms with E-state index in [0.29, 0.717) is 12.8 Å². The maximum Gasteiger partial charge on any atom is 0.416 e. The first kappa shape index (κ1) is 11.1. The van der Waals surface area contributed by atoms with E-state index in [1.165, 1.54) is 12.1 Å². The standard InChI is InChI=1S/C11H10F3NO/c12-11(13,14)8-3-1-2-7(6-8)9(16)10(15)4-5-10/h1-3,6H,4-5,15H2. The molecule has 0 unspecified atom stereocenters. The molecule has 1 aliphatic rings. The summed E-state index contributed by atoms with van der Waals surface area (Å²) in [6, 6.07) is 4.38. The lowest BCUT2D eigenvalue weighted by molar-refractivity contribution is -0.137. The second-order valence-electron chi connectivity index (χ2n) is 4.06. The molecule has 0 amide bonds. The van der Waals surface area contributed by atoms with Crippen LogP contribution in [0.3, 0.4) is 0 Å². The van der Waals surface area contributed by atoms with E-state index in [4.69, 9.17) is 5.73 Å². The van der Waals surface area contributed by atoms with E-state index in [2.05, 4.69) is 0 Å². The van der Waals surface area contributed by atoms with E-state index < -0.39 is 23.1 Å². The third kappa shape index (κ3) is 1.95. The fourth-order valence-corrected chi connectivity index (χ4v) is 1.49. The van der Waals surface area contributed by atoms with E-state index in [9.17, 15) is 18.0 Å². The van der Waals surface area contributed by atoms with Crippen LogP contribution in [0.5, 0.6) is 0 Å². The van der Waals surface area contributed by atoms with Gasteiger partial charge in [-0.15, -0.1) is 0 Å². The van der Waals surface area contributed by atoms with Crippen molar-refractivity contribution in [2.75, 3.05) is 0 Å². The van der Waals surface area contributed by atoms with Crippen molar-refractivity contribution in [3.05, 3.63) is 35.4 Å². The number of nitrogens with two attached hydrogens (primary N) is 1. The molecule has 0 saturated heterocycles. The van der Waals surface area contributed by atoms with E-state index in [-0.39, 0.29) is 5.56 Å². The van der Waals surface area contributed by atoms with Crippen LogP contribution in [0.15, 0.2) is 24.3 Å². The van der Waals surface area contributed by atoms with Gasteiger partial charge in [0.15, 0.2) is 5.78 Å². The molecule has 0 bridgehead atoms. The van der Waals surface area contributed by atoms with Gasteiger partial charge in [0, 0.05) is 5.56 Å². The van der Waals surface area contributed by atoms with Crippen molar-refractivity contribution >= 4 is 5.78 Å². The Morgan fingerprint density at radius 1 is 1.31 bits per heavy atom. The predicted molar refractivity (Wildman–Crippen MR) is 51.9 cm³/mol. The normalized spacial score (nSPS) is 18.2. The van der Waals surface area contributed by atoms with Gasteiger partial charge in [-0.1, -0.05) is 12.1 Å². The fourth-order valence-electron chi connectivity index (χ4n) is 1.49. The first-order chi connectivity index (χ1) is 7.33. The van der Waals surface area contributed by atoms with Crippen LogP contribution in [-0.4, -0.2) is 11.3 Å². The highest BCUT2D eigenvalue weighted by Crippen LogP contribution is 2.37. The predicted octanol–water partition coefficient (Wildman–Crippen LogP) is 2.38. The largest absolute Gasteiger partial charge is 0.416 e. The molecule has 2 nitrogen and oxygen atoms in total. The minimum atomic E-state index is -4.43. The Balaban J connectivity index is 2.33. The van der Waals surface area contributed by atoms with Crippen LogP contribution in [0.25, 0.3) is 0 Å². The number of hydrogen-bond acceptors (Lipinski definition) is 2. The van der Waals surface area contributed by atoms with Gasteiger partial charge in [-0.3, -0.25) is 4.79 Å². The summed E-state index contributed by atoms with van der Waals surface area (Å²) in [5, 5.41) is 0. The van der Waals surface area contributed by atoms with Gasteiger partial charge in [-0.05, 0) is 25.0 Å². The number of Topliss-reactive ketones (excluding diaryl/α,β-unsaturated/α-hetero) is 1. The highest BCUT2D eigenvalue weighted by atomic mass is 19.4. The van der Waals surface area contributed by atoms with Gasteiger partial charge in [0.05, 0.1) is 11.1 Å². The summed E-state index contributed by atoms with van der Waals surface area (Å²) in [6.45, 7) is 0. The lowest BCUT2D eigenvalue weighted by Crippen LogP contribution is -2.32. The Hall–Kier alpha value is -1.36. The molecule has 0 aliphatic heterocycles. The number of benzene rings is 1. The Bertz CT molecular complexity index is 435. The molecular formula is C11H10F3NO. The number of hydrogen-bond donors (Lipinski definition) is 1. The molecule has 0 heterocycles. The van der Waals surface area contributed by atoms with Crippen LogP contribution in [0.4, 0.5) is 13.2 Å². The van der Waals surface area contributed by atoms with Gasteiger partial charge in [0.1, 0.15) is 0 Å². The Labute approximate surface area is 90.2 Å². The zero-order valence-electron chi connectivity index (χ0n) is 8.34. The van der Waals surface area contributed by atoms with Crippen molar-refractivity contribution in [2.24, 2.45) is 5.73 Å². The first-order valence-corrected chi connectivity index (χ1v) is 4.84. The van der Waals surface area contributed by atoms with Crippen molar-refractivity contribution in [1.29, 1.82) is 0 Å². The lowest BCUT2D eigenvalue weighted by Gasteiger charge is -2.10. The minimum absolute atomic E-state index is 0.0369. The molecule has 0 spiro atoms. The summed E-state index contributed by atoms with van der Waals surface area (Å²) in [4.78, 5) is 11.7. The molecule has 1 aliphatic carbocycles. The fraction of sp³-hybridized carbons (Fsp3) is 0.364. The zero-order chi connectivity index (χ0) is 12.0. The quantitative estimate of drug-likeness (QED) is 0.791. The summed E-state index contributed by atoms with van der Waals surface area (Å²) in [5.74, 6) is -0.404. The van der Waals surface area contributed by atoms with Crippen molar-refractivity contribution in [1.82, 2.24) is 0 Å². The van der Waals surface area contributed by atoms with Crippen LogP contribution in [-0.2, 0) is 6.18 Å². The van der Waals surface area contributed by atoms with Gasteiger partial charge < -0.3 is 5.73 Å². The van der Waals surface area contributed by atoms with Gasteiger partial charge in [0.2, 0.25) is 0 Å². The zero-order valence-corrected chi connectivity index (χ0v) is 8.34. The third-order valence-electron chi connectivity index (χ3n) is 2.69. The summed E-state index contributed by atoms with van der Waals surface area (Å²) in [7, 11) is 0. The van der Waals surface area contributed by atoms with Crippen molar-refractivity contribution in [3.63, 3.8) is 0 Å². The summed E-state index contributed by atoms with van der Waals surface area (Å²) >= 11 is 0. The highest BCUT2D eigenvalue weighted by molar-refractivity contribution is 6.05. The molecule has 2 rings (SSSR count). The van der Waals surface area contributed by atoms with Crippen molar-refractivity contribution in [2.45, 2.75) is 24.6 Å². The third-order valence-corrected chi connectivity index (χ3v) is 2.69. The van der Waals surface area contributed by atoms with Gasteiger partial charge >= 0.3 is 6.18 Å². The van der Waals surface area contributed by atoms with Gasteiger partial charge in [0.25, 0.3) is 0 Å². The molecule has 0 radical (unpaired) electrons. The second kappa shape index (κ2) is 3.31. The maximum atomic E-state index is 12.4. The number of carbonyl (C=O) groups is 1. The molecule has 86 valence electrons. The lowest BCUT2D eigenvalue weighted by atomic mass is 10.0. The number of halogens is 3. The molecule has 5 heteroatoms. The molecule has 2 N–H and O–H groups in total. The number of carbonyl (C=O) groups excluding carboxylic acids is 1. The summed E-state index contributed by atoms with van der Waals surface area (Å²) < 4.78 is 37.2. The number of rotatable bonds is 2. The Morgan fingerprint density at radius 2 is 1.94 bits per heavy atom. The first-order valence-electron chi connectivity index (χ1n) is 4.84. The van der Waals surface area contributed by atoms with Crippen LogP contribution < -0.4 is 5.73 Å². The topological polar surface area (TPSA) is 43.1 Å². The molecule has 1 fully saturated rings. The summed E-state index contributed by atoms with van der Waals surface area (Å²) in [5.41, 5.74) is 3.94. The Kier molecular flexibility index (Phi) is 2.31.